The average Bonchev–Trinajstić information content (AvgIpc) is 2.59. The molecule has 102 valence electrons. The zero-order chi connectivity index (χ0) is 14.2. The maximum atomic E-state index is 12.0. The largest absolute Gasteiger partial charge is 0.504 e. The molecule has 0 bridgehead atoms. The van der Waals surface area contributed by atoms with Crippen LogP contribution in [0.25, 0.3) is 0 Å². The predicted octanol–water partition coefficient (Wildman–Crippen LogP) is 2.32. The molecule has 0 saturated heterocycles. The number of aliphatic hydroxyl groups excluding tert-OH is 2. The lowest BCUT2D eigenvalue weighted by Crippen LogP contribution is -2.31. The third-order valence-corrected chi connectivity index (χ3v) is 4.29. The van der Waals surface area contributed by atoms with Gasteiger partial charge in [-0.05, 0) is 24.6 Å². The lowest BCUT2D eigenvalue weighted by molar-refractivity contribution is -0.118. The van der Waals surface area contributed by atoms with Gasteiger partial charge in [0.2, 0.25) is 5.78 Å². The van der Waals surface area contributed by atoms with Crippen molar-refractivity contribution < 1.29 is 19.7 Å². The summed E-state index contributed by atoms with van der Waals surface area (Å²) in [5, 5.41) is 19.2. The summed E-state index contributed by atoms with van der Waals surface area (Å²) in [6.45, 7) is 1.35. The fourth-order valence-corrected chi connectivity index (χ4v) is 3.18. The third-order valence-electron chi connectivity index (χ3n) is 3.47. The topological polar surface area (TPSA) is 66.8 Å². The van der Waals surface area contributed by atoms with E-state index >= 15 is 0 Å². The van der Waals surface area contributed by atoms with Crippen molar-refractivity contribution in [2.45, 2.75) is 17.2 Å². The molecule has 2 rings (SSSR count). The highest BCUT2D eigenvalue weighted by molar-refractivity contribution is 9.10. The molecular weight excluding hydrogens is 312 g/mol. The van der Waals surface area contributed by atoms with Gasteiger partial charge in [0, 0.05) is 11.5 Å². The van der Waals surface area contributed by atoms with Gasteiger partial charge in [0.25, 0.3) is 0 Å². The van der Waals surface area contributed by atoms with E-state index in [2.05, 4.69) is 15.9 Å². The molecule has 0 aliphatic heterocycles. The van der Waals surface area contributed by atoms with Crippen LogP contribution in [0, 0.1) is 0 Å². The lowest BCUT2D eigenvalue weighted by atomic mass is 9.85. The molecule has 4 nitrogen and oxygen atoms in total. The molecule has 2 N–H and O–H groups in total. The van der Waals surface area contributed by atoms with Crippen LogP contribution in [0.4, 0.5) is 0 Å². The number of allylic oxidation sites excluding steroid dienone is 1. The van der Waals surface area contributed by atoms with Gasteiger partial charge in [-0.15, -0.1) is 0 Å². The monoisotopic (exact) mass is 326 g/mol. The summed E-state index contributed by atoms with van der Waals surface area (Å²) in [5.41, 5.74) is 1.18. The third kappa shape index (κ3) is 2.17. The highest BCUT2D eigenvalue weighted by Crippen LogP contribution is 2.48. The lowest BCUT2D eigenvalue weighted by Gasteiger charge is -2.25. The first kappa shape index (κ1) is 14.1. The van der Waals surface area contributed by atoms with Crippen molar-refractivity contribution in [3.8, 4) is 5.75 Å². The number of aliphatic hydroxyl groups is 2. The summed E-state index contributed by atoms with van der Waals surface area (Å²) < 4.78 is 4.15. The van der Waals surface area contributed by atoms with Crippen LogP contribution < -0.4 is 4.74 Å². The first-order valence-electron chi connectivity index (χ1n) is 5.84. The second kappa shape index (κ2) is 4.98. The Balaban J connectivity index is 2.49. The van der Waals surface area contributed by atoms with Crippen LogP contribution in [0.2, 0.25) is 0 Å². The Labute approximate surface area is 119 Å². The fourth-order valence-electron chi connectivity index (χ4n) is 2.45. The van der Waals surface area contributed by atoms with Gasteiger partial charge in [-0.3, -0.25) is 4.79 Å². The van der Waals surface area contributed by atoms with E-state index in [1.54, 1.807) is 26.2 Å². The van der Waals surface area contributed by atoms with Gasteiger partial charge in [-0.1, -0.05) is 28.1 Å². The van der Waals surface area contributed by atoms with E-state index in [9.17, 15) is 15.0 Å². The quantitative estimate of drug-likeness (QED) is 0.836. The summed E-state index contributed by atoms with van der Waals surface area (Å²) in [6.07, 6.45) is 0. The minimum Gasteiger partial charge on any atom is -0.504 e. The predicted molar refractivity (Wildman–Crippen MR) is 74.8 cm³/mol. The Bertz CT molecular complexity index is 531. The zero-order valence-electron chi connectivity index (χ0n) is 10.7. The Morgan fingerprint density at radius 2 is 1.95 bits per heavy atom. The Morgan fingerprint density at radius 3 is 2.42 bits per heavy atom. The number of alkyl halides is 1. The maximum Gasteiger partial charge on any atom is 0.214 e. The van der Waals surface area contributed by atoms with Crippen molar-refractivity contribution in [3.63, 3.8) is 0 Å². The molecule has 2 atom stereocenters. The number of rotatable bonds is 3. The summed E-state index contributed by atoms with van der Waals surface area (Å²) in [4.78, 5) is 12.0. The van der Waals surface area contributed by atoms with E-state index in [4.69, 9.17) is 4.74 Å². The van der Waals surface area contributed by atoms with Crippen LogP contribution in [-0.4, -0.2) is 34.0 Å². The number of ether oxygens (including phenoxy) is 1. The molecule has 0 fully saturated rings. The Hall–Kier alpha value is -1.33. The van der Waals surface area contributed by atoms with E-state index in [0.717, 1.165) is 5.56 Å². The number of ketones is 1. The number of carbonyl (C=O) groups is 1. The number of hydrogen-bond donors (Lipinski definition) is 2. The van der Waals surface area contributed by atoms with Crippen LogP contribution in [0.3, 0.4) is 0 Å². The second-order valence-corrected chi connectivity index (χ2v) is 6.29. The van der Waals surface area contributed by atoms with E-state index in [-0.39, 0.29) is 12.4 Å². The van der Waals surface area contributed by atoms with Gasteiger partial charge >= 0.3 is 0 Å². The first-order valence-corrected chi connectivity index (χ1v) is 6.63. The Kier molecular flexibility index (Phi) is 3.69. The number of methoxy groups -OCH3 is 1. The normalized spacial score (nSPS) is 26.9. The second-order valence-electron chi connectivity index (χ2n) is 4.64. The molecule has 0 saturated carbocycles. The molecule has 2 unspecified atom stereocenters. The van der Waals surface area contributed by atoms with Crippen molar-refractivity contribution in [2.75, 3.05) is 13.7 Å². The SMILES string of the molecule is COc1ccc(C2C(CO)=C(O)C(=O)C2(C)Br)cc1. The summed E-state index contributed by atoms with van der Waals surface area (Å²) in [7, 11) is 1.58. The van der Waals surface area contributed by atoms with E-state index < -0.39 is 16.0 Å². The first-order chi connectivity index (χ1) is 8.93. The van der Waals surface area contributed by atoms with Gasteiger partial charge in [0.1, 0.15) is 5.75 Å². The van der Waals surface area contributed by atoms with Crippen molar-refractivity contribution >= 4 is 21.7 Å². The minimum absolute atomic E-state index is 0.342. The molecule has 0 spiro atoms. The number of halogens is 1. The fraction of sp³-hybridized carbons (Fsp3) is 0.357. The molecule has 0 heterocycles. The smallest absolute Gasteiger partial charge is 0.214 e. The number of benzene rings is 1. The van der Waals surface area contributed by atoms with Gasteiger partial charge in [-0.25, -0.2) is 0 Å². The van der Waals surface area contributed by atoms with E-state index in [1.165, 1.54) is 0 Å². The minimum atomic E-state index is -0.941. The molecule has 1 aliphatic carbocycles. The average molecular weight is 327 g/mol. The Morgan fingerprint density at radius 1 is 1.37 bits per heavy atom. The number of hydrogen-bond acceptors (Lipinski definition) is 4. The maximum absolute atomic E-state index is 12.0. The highest BCUT2D eigenvalue weighted by atomic mass is 79.9. The molecule has 5 heteroatoms. The van der Waals surface area contributed by atoms with Crippen LogP contribution >= 0.6 is 15.9 Å². The van der Waals surface area contributed by atoms with E-state index in [1.807, 2.05) is 12.1 Å². The standard InChI is InChI=1S/C14H15BrO4/c1-14(15)11(10(7-16)12(17)13(14)18)8-3-5-9(19-2)6-4-8/h3-6,11,16-17H,7H2,1-2H3. The van der Waals surface area contributed by atoms with Crippen molar-refractivity contribution in [1.29, 1.82) is 0 Å². The number of carbonyl (C=O) groups excluding carboxylic acids is 1. The molecular formula is C14H15BrO4. The van der Waals surface area contributed by atoms with Crippen molar-refractivity contribution in [2.24, 2.45) is 0 Å². The molecule has 0 radical (unpaired) electrons. The van der Waals surface area contributed by atoms with Crippen molar-refractivity contribution in [1.82, 2.24) is 0 Å². The van der Waals surface area contributed by atoms with E-state index in [0.29, 0.717) is 11.3 Å². The van der Waals surface area contributed by atoms with Crippen LogP contribution in [-0.2, 0) is 4.79 Å². The summed E-state index contributed by atoms with van der Waals surface area (Å²) in [6, 6.07) is 7.22. The molecule has 0 amide bonds. The molecule has 1 aromatic rings. The molecule has 1 aromatic carbocycles. The van der Waals surface area contributed by atoms with Gasteiger partial charge in [0.15, 0.2) is 5.76 Å². The van der Waals surface area contributed by atoms with Crippen LogP contribution in [0.15, 0.2) is 35.6 Å². The van der Waals surface area contributed by atoms with Crippen LogP contribution in [0.1, 0.15) is 18.4 Å². The molecule has 19 heavy (non-hydrogen) atoms. The molecule has 0 aromatic heterocycles. The summed E-state index contributed by atoms with van der Waals surface area (Å²) in [5.74, 6) is -0.431. The highest BCUT2D eigenvalue weighted by Gasteiger charge is 2.50. The zero-order valence-corrected chi connectivity index (χ0v) is 12.3. The van der Waals surface area contributed by atoms with Crippen LogP contribution in [0.5, 0.6) is 5.75 Å². The van der Waals surface area contributed by atoms with Crippen molar-refractivity contribution in [3.05, 3.63) is 41.2 Å². The van der Waals surface area contributed by atoms with Gasteiger partial charge in [0.05, 0.1) is 18.0 Å². The van der Waals surface area contributed by atoms with Gasteiger partial charge in [-0.2, -0.15) is 0 Å². The summed E-state index contributed by atoms with van der Waals surface area (Å²) >= 11 is 3.37. The number of Topliss-reactive ketones (excluding diaryl/α,β-unsaturated/α-hetero) is 1. The molecule has 1 aliphatic rings. The van der Waals surface area contributed by atoms with Gasteiger partial charge < -0.3 is 14.9 Å².